The van der Waals surface area contributed by atoms with E-state index in [1.54, 1.807) is 36.4 Å². The van der Waals surface area contributed by atoms with Gasteiger partial charge in [-0.3, -0.25) is 9.44 Å². The molecule has 62 heavy (non-hydrogen) atoms. The van der Waals surface area contributed by atoms with E-state index in [0.29, 0.717) is 21.5 Å². The Morgan fingerprint density at radius 1 is 0.484 bits per heavy atom. The number of azo groups is 2. The minimum absolute atomic E-state index is 0. The molecule has 0 atom stereocenters. The van der Waals surface area contributed by atoms with Crippen molar-refractivity contribution < 1.29 is 90.3 Å². The number of sulfonamides is 2. The molecule has 0 saturated heterocycles. The Labute approximate surface area is 380 Å². The van der Waals surface area contributed by atoms with Gasteiger partial charge < -0.3 is 20.4 Å². The van der Waals surface area contributed by atoms with Gasteiger partial charge in [0.25, 0.3) is 0 Å². The molecule has 0 aromatic heterocycles. The maximum Gasteiger partial charge on any atom is 1.00 e. The van der Waals surface area contributed by atoms with Gasteiger partial charge in [-0.05, 0) is 71.4 Å². The molecule has 6 aromatic carbocycles. The van der Waals surface area contributed by atoms with Crippen LogP contribution in [0.15, 0.2) is 127 Å². The second kappa shape index (κ2) is 20.3. The number of rotatable bonds is 12. The van der Waals surface area contributed by atoms with Gasteiger partial charge >= 0.3 is 18.9 Å². The molecule has 0 unspecified atom stereocenters. The summed E-state index contributed by atoms with van der Waals surface area (Å²) in [5.74, 6) is -1.40. The Morgan fingerprint density at radius 3 is 1.15 bits per heavy atom. The Morgan fingerprint density at radius 2 is 0.823 bits per heavy atom. The molecular formula is C38H38CrLiN6O12S4+. The fraction of sp³-hybridized carbons (Fsp3) is 0.158. The van der Waals surface area contributed by atoms with Crippen LogP contribution in [-0.4, -0.2) is 78.1 Å². The van der Waals surface area contributed by atoms with E-state index in [0.717, 1.165) is 12.5 Å². The van der Waals surface area contributed by atoms with Crippen molar-refractivity contribution >= 4 is 95.4 Å². The van der Waals surface area contributed by atoms with Crippen molar-refractivity contribution in [2.24, 2.45) is 20.5 Å². The molecule has 0 saturated carbocycles. The Hall–Kier alpha value is -5.23. The quantitative estimate of drug-likeness (QED) is 0.0721. The van der Waals surface area contributed by atoms with Crippen molar-refractivity contribution in [1.29, 1.82) is 0 Å². The molecule has 6 N–H and O–H groups in total. The monoisotopic (exact) mass is 957 g/mol. The number of aromatic hydroxyl groups is 4. The second-order valence-corrected chi connectivity index (χ2v) is 21.0. The molecule has 18 nitrogen and oxygen atoms in total. The number of sulfone groups is 2. The SMILES string of the molecule is CCS(=O)(=O)c1ccc(O)c(N=Nc2c(O)ccc3cccc(NS(C)(=O)=O)c23)c1.CCS(=O)(=O)c1ccc(O)c(N=Nc2c(O)ccc3cccc(NS(C)(=O)=O)c23)c1.[Cr].[Li+]. The molecular weight excluding hydrogens is 920 g/mol. The van der Waals surface area contributed by atoms with Gasteiger partial charge in [-0.2, -0.15) is 0 Å². The Kier molecular flexibility index (Phi) is 16.7. The van der Waals surface area contributed by atoms with Crippen LogP contribution in [0.1, 0.15) is 13.8 Å². The number of hydrogen-bond acceptors (Lipinski definition) is 16. The summed E-state index contributed by atoms with van der Waals surface area (Å²) >= 11 is 0. The minimum Gasteiger partial charge on any atom is -0.506 e. The van der Waals surface area contributed by atoms with Crippen LogP contribution in [0.3, 0.4) is 0 Å². The minimum atomic E-state index is -3.61. The van der Waals surface area contributed by atoms with E-state index in [2.05, 4.69) is 29.9 Å². The van der Waals surface area contributed by atoms with Crippen LogP contribution in [0.2, 0.25) is 0 Å². The smallest absolute Gasteiger partial charge is 0.506 e. The van der Waals surface area contributed by atoms with Gasteiger partial charge in [-0.1, -0.05) is 50.2 Å². The van der Waals surface area contributed by atoms with E-state index in [1.165, 1.54) is 74.5 Å². The van der Waals surface area contributed by atoms with Crippen LogP contribution in [-0.2, 0) is 57.1 Å². The first kappa shape index (κ1) is 51.1. The molecule has 24 heteroatoms. The molecule has 0 fully saturated rings. The second-order valence-electron chi connectivity index (χ2n) is 12.9. The van der Waals surface area contributed by atoms with Crippen LogP contribution in [0.25, 0.3) is 21.5 Å². The van der Waals surface area contributed by atoms with Gasteiger partial charge in [0.1, 0.15) is 45.7 Å². The largest absolute Gasteiger partial charge is 1.00 e. The fourth-order valence-electron chi connectivity index (χ4n) is 5.56. The molecule has 0 aliphatic rings. The summed E-state index contributed by atoms with van der Waals surface area (Å²) in [7, 11) is -14.3. The molecule has 0 amide bonds. The van der Waals surface area contributed by atoms with Crippen molar-refractivity contribution in [1.82, 2.24) is 0 Å². The summed E-state index contributed by atoms with van der Waals surface area (Å²) in [5, 5.41) is 58.3. The predicted octanol–water partition coefficient (Wildman–Crippen LogP) is 4.66. The molecule has 6 aromatic rings. The van der Waals surface area contributed by atoms with Crippen molar-refractivity contribution in [2.45, 2.75) is 23.6 Å². The summed E-state index contributed by atoms with van der Waals surface area (Å²) in [4.78, 5) is -0.0587. The van der Waals surface area contributed by atoms with Crippen molar-refractivity contribution in [3.8, 4) is 23.0 Å². The first-order chi connectivity index (χ1) is 28.0. The Bertz CT molecular complexity index is 2960. The van der Waals surface area contributed by atoms with Crippen LogP contribution in [0, 0.1) is 0 Å². The van der Waals surface area contributed by atoms with Gasteiger partial charge in [0.05, 0.1) is 45.2 Å². The maximum atomic E-state index is 12.1. The maximum absolute atomic E-state index is 12.1. The van der Waals surface area contributed by atoms with Crippen LogP contribution in [0.5, 0.6) is 23.0 Å². The average Bonchev–Trinajstić information content (AvgIpc) is 3.17. The molecule has 0 aliphatic carbocycles. The summed E-state index contributed by atoms with van der Waals surface area (Å²) in [6.45, 7) is 2.99. The third-order valence-corrected chi connectivity index (χ3v) is 13.1. The number of fused-ring (bicyclic) bond motifs is 2. The normalized spacial score (nSPS) is 12.1. The molecule has 0 bridgehead atoms. The van der Waals surface area contributed by atoms with E-state index < -0.39 is 39.7 Å². The predicted molar refractivity (Wildman–Crippen MR) is 228 cm³/mol. The molecule has 0 radical (unpaired) electrons. The van der Waals surface area contributed by atoms with Crippen LogP contribution in [0.4, 0.5) is 34.1 Å². The van der Waals surface area contributed by atoms with E-state index in [4.69, 9.17) is 0 Å². The number of anilines is 2. The van der Waals surface area contributed by atoms with Gasteiger partial charge in [-0.15, -0.1) is 20.5 Å². The molecule has 322 valence electrons. The topological polar surface area (TPSA) is 291 Å². The number of benzene rings is 6. The van der Waals surface area contributed by atoms with E-state index in [9.17, 15) is 54.1 Å². The van der Waals surface area contributed by atoms with Crippen LogP contribution < -0.4 is 28.3 Å². The number of nitrogens with zero attached hydrogens (tertiary/aromatic N) is 4. The number of nitrogens with one attached hydrogen (secondary N) is 2. The van der Waals surface area contributed by atoms with Crippen molar-refractivity contribution in [3.05, 3.63) is 97.1 Å². The van der Waals surface area contributed by atoms with E-state index in [-0.39, 0.29) is 115 Å². The summed E-state index contributed by atoms with van der Waals surface area (Å²) in [6, 6.07) is 22.9. The zero-order valence-corrected chi connectivity index (χ0v) is 38.1. The van der Waals surface area contributed by atoms with E-state index >= 15 is 0 Å². The van der Waals surface area contributed by atoms with Gasteiger partial charge in [0.15, 0.2) is 19.7 Å². The summed E-state index contributed by atoms with van der Waals surface area (Å²) in [5.41, 5.74) is 0.0616. The molecule has 0 heterocycles. The molecule has 0 spiro atoms. The third-order valence-electron chi connectivity index (χ3n) is 8.47. The first-order valence-corrected chi connectivity index (χ1v) is 24.5. The Balaban J connectivity index is 0.000000320. The average molecular weight is 958 g/mol. The van der Waals surface area contributed by atoms with Gasteiger partial charge in [-0.25, -0.2) is 33.7 Å². The van der Waals surface area contributed by atoms with Crippen molar-refractivity contribution in [3.63, 3.8) is 0 Å². The van der Waals surface area contributed by atoms with Crippen LogP contribution >= 0.6 is 0 Å². The summed E-state index contributed by atoms with van der Waals surface area (Å²) in [6.07, 6.45) is 1.99. The molecule has 0 aliphatic heterocycles. The zero-order chi connectivity index (χ0) is 44.2. The first-order valence-electron chi connectivity index (χ1n) is 17.4. The third kappa shape index (κ3) is 12.5. The zero-order valence-electron chi connectivity index (χ0n) is 33.5. The van der Waals surface area contributed by atoms with E-state index in [1.807, 2.05) is 0 Å². The summed E-state index contributed by atoms with van der Waals surface area (Å²) < 4.78 is 99.9. The standard InChI is InChI=1S/2C19H19N3O6S2.Cr.Li/c2*1-3-30(27,28)13-8-10-16(23)15(11-13)20-21-19-17(24)9-7-12-5-4-6-14(18(12)19)22-29(2,25)26;;/h2*4-11,22-24H,3H2,1-2H3;;/q;;;+1. The number of phenolic OH excluding ortho intramolecular Hbond substituents is 4. The fourth-order valence-corrected chi connectivity index (χ4v) is 8.50. The van der Waals surface area contributed by atoms with Gasteiger partial charge in [0, 0.05) is 28.1 Å². The number of phenols is 4. The molecule has 6 rings (SSSR count). The number of hydrogen-bond donors (Lipinski definition) is 6. The van der Waals surface area contributed by atoms with Gasteiger partial charge in [0.2, 0.25) is 20.0 Å². The van der Waals surface area contributed by atoms with Crippen molar-refractivity contribution in [2.75, 3.05) is 33.5 Å².